The third-order valence-corrected chi connectivity index (χ3v) is 4.43. The standard InChI is InChI=1S/C18H16OS/c19-18(12-4-8-15-9-5-13-20-15)17-11-3-7-14-6-1-2-10-16(14)17/h1-3,5-7,9-11,13H,4,8,12H2. The van der Waals surface area contributed by atoms with Crippen molar-refractivity contribution in [3.8, 4) is 0 Å². The number of hydrogen-bond acceptors (Lipinski definition) is 2. The van der Waals surface area contributed by atoms with E-state index in [0.717, 1.165) is 29.2 Å². The fourth-order valence-electron chi connectivity index (χ4n) is 2.48. The molecule has 0 saturated heterocycles. The fourth-order valence-corrected chi connectivity index (χ4v) is 3.23. The molecule has 1 nitrogen and oxygen atoms in total. The van der Waals surface area contributed by atoms with Crippen LogP contribution in [0.4, 0.5) is 0 Å². The van der Waals surface area contributed by atoms with Crippen LogP contribution >= 0.6 is 11.3 Å². The molecule has 0 bridgehead atoms. The Hall–Kier alpha value is -1.93. The molecule has 0 unspecified atom stereocenters. The van der Waals surface area contributed by atoms with Gasteiger partial charge >= 0.3 is 0 Å². The highest BCUT2D eigenvalue weighted by Gasteiger charge is 2.09. The molecule has 3 rings (SSSR count). The Morgan fingerprint density at radius 1 is 0.950 bits per heavy atom. The molecule has 1 heterocycles. The topological polar surface area (TPSA) is 17.1 Å². The average Bonchev–Trinajstić information content (AvgIpc) is 3.00. The minimum atomic E-state index is 0.248. The summed E-state index contributed by atoms with van der Waals surface area (Å²) in [6.07, 6.45) is 2.53. The van der Waals surface area contributed by atoms with Crippen LogP contribution in [0.25, 0.3) is 10.8 Å². The lowest BCUT2D eigenvalue weighted by molar-refractivity contribution is 0.0982. The highest BCUT2D eigenvalue weighted by molar-refractivity contribution is 7.09. The Morgan fingerprint density at radius 3 is 2.65 bits per heavy atom. The van der Waals surface area contributed by atoms with Crippen molar-refractivity contribution < 1.29 is 4.79 Å². The van der Waals surface area contributed by atoms with Gasteiger partial charge in [0.05, 0.1) is 0 Å². The number of aryl methyl sites for hydroxylation is 1. The second-order valence-electron chi connectivity index (χ2n) is 4.88. The molecule has 3 aromatic rings. The third-order valence-electron chi connectivity index (χ3n) is 3.50. The monoisotopic (exact) mass is 280 g/mol. The molecule has 1 aromatic heterocycles. The molecule has 0 amide bonds. The molecular weight excluding hydrogens is 264 g/mol. The van der Waals surface area contributed by atoms with Gasteiger partial charge in [-0.3, -0.25) is 4.79 Å². The van der Waals surface area contributed by atoms with Crippen molar-refractivity contribution in [2.24, 2.45) is 0 Å². The van der Waals surface area contributed by atoms with E-state index in [2.05, 4.69) is 29.6 Å². The van der Waals surface area contributed by atoms with Crippen molar-refractivity contribution in [2.75, 3.05) is 0 Å². The van der Waals surface area contributed by atoms with Gasteiger partial charge in [0, 0.05) is 16.9 Å². The Kier molecular flexibility index (Phi) is 3.93. The quantitative estimate of drug-likeness (QED) is 0.594. The molecule has 0 atom stereocenters. The third kappa shape index (κ3) is 2.81. The molecule has 20 heavy (non-hydrogen) atoms. The summed E-state index contributed by atoms with van der Waals surface area (Å²) in [6.45, 7) is 0. The lowest BCUT2D eigenvalue weighted by atomic mass is 9.98. The van der Waals surface area contributed by atoms with E-state index in [0.29, 0.717) is 6.42 Å². The number of ketones is 1. The lowest BCUT2D eigenvalue weighted by Gasteiger charge is -2.05. The van der Waals surface area contributed by atoms with Crippen molar-refractivity contribution in [2.45, 2.75) is 19.3 Å². The Bertz CT molecular complexity index is 708. The van der Waals surface area contributed by atoms with E-state index < -0.39 is 0 Å². The molecule has 0 saturated carbocycles. The summed E-state index contributed by atoms with van der Waals surface area (Å²) >= 11 is 1.76. The lowest BCUT2D eigenvalue weighted by Crippen LogP contribution is -2.00. The maximum atomic E-state index is 12.4. The van der Waals surface area contributed by atoms with Crippen molar-refractivity contribution >= 4 is 27.9 Å². The predicted molar refractivity (Wildman–Crippen MR) is 85.5 cm³/mol. The zero-order chi connectivity index (χ0) is 13.8. The zero-order valence-electron chi connectivity index (χ0n) is 11.2. The van der Waals surface area contributed by atoms with Gasteiger partial charge in [0.1, 0.15) is 0 Å². The second kappa shape index (κ2) is 6.02. The van der Waals surface area contributed by atoms with E-state index in [-0.39, 0.29) is 5.78 Å². The molecule has 0 aliphatic heterocycles. The van der Waals surface area contributed by atoms with Gasteiger partial charge in [0.15, 0.2) is 5.78 Å². The molecule has 0 fully saturated rings. The van der Waals surface area contributed by atoms with Crippen LogP contribution in [0.2, 0.25) is 0 Å². The van der Waals surface area contributed by atoms with Gasteiger partial charge in [-0.15, -0.1) is 11.3 Å². The molecule has 2 heteroatoms. The van der Waals surface area contributed by atoms with Crippen molar-refractivity contribution in [1.82, 2.24) is 0 Å². The van der Waals surface area contributed by atoms with Crippen molar-refractivity contribution in [1.29, 1.82) is 0 Å². The first kappa shape index (κ1) is 13.1. The van der Waals surface area contributed by atoms with Crippen molar-refractivity contribution in [3.63, 3.8) is 0 Å². The number of Topliss-reactive ketones (excluding diaryl/α,β-unsaturated/α-hetero) is 1. The number of carbonyl (C=O) groups is 1. The summed E-state index contributed by atoms with van der Waals surface area (Å²) in [7, 11) is 0. The van der Waals surface area contributed by atoms with Crippen LogP contribution in [0.3, 0.4) is 0 Å². The predicted octanol–water partition coefficient (Wildman–Crippen LogP) is 5.11. The van der Waals surface area contributed by atoms with Crippen LogP contribution in [0.1, 0.15) is 28.1 Å². The molecular formula is C18H16OS. The summed E-state index contributed by atoms with van der Waals surface area (Å²) in [5, 5.41) is 4.29. The first-order valence-corrected chi connectivity index (χ1v) is 7.76. The molecule has 100 valence electrons. The van der Waals surface area contributed by atoms with E-state index in [1.54, 1.807) is 11.3 Å². The first-order valence-electron chi connectivity index (χ1n) is 6.88. The van der Waals surface area contributed by atoms with E-state index in [9.17, 15) is 4.79 Å². The van der Waals surface area contributed by atoms with Gasteiger partial charge < -0.3 is 0 Å². The Labute approximate surface area is 122 Å². The summed E-state index contributed by atoms with van der Waals surface area (Å²) in [5.41, 5.74) is 0.856. The van der Waals surface area contributed by atoms with Crippen LogP contribution in [-0.2, 0) is 6.42 Å². The number of fused-ring (bicyclic) bond motifs is 1. The van der Waals surface area contributed by atoms with Crippen LogP contribution in [0.5, 0.6) is 0 Å². The number of hydrogen-bond donors (Lipinski definition) is 0. The molecule has 0 spiro atoms. The van der Waals surface area contributed by atoms with E-state index in [1.807, 2.05) is 30.3 Å². The van der Waals surface area contributed by atoms with Gasteiger partial charge in [-0.05, 0) is 35.1 Å². The van der Waals surface area contributed by atoms with E-state index >= 15 is 0 Å². The summed E-state index contributed by atoms with van der Waals surface area (Å²) in [4.78, 5) is 13.7. The Balaban J connectivity index is 1.72. The molecule has 2 aromatic carbocycles. The molecule has 0 aliphatic carbocycles. The first-order chi connectivity index (χ1) is 9.84. The summed E-state index contributed by atoms with van der Waals surface area (Å²) in [6, 6.07) is 18.2. The van der Waals surface area contributed by atoms with Crippen LogP contribution in [0, 0.1) is 0 Å². The molecule has 0 N–H and O–H groups in total. The minimum Gasteiger partial charge on any atom is -0.294 e. The SMILES string of the molecule is O=C(CCCc1cccs1)c1cccc2ccccc12. The molecule has 0 radical (unpaired) electrons. The maximum absolute atomic E-state index is 12.4. The highest BCUT2D eigenvalue weighted by Crippen LogP contribution is 2.21. The average molecular weight is 280 g/mol. The normalized spacial score (nSPS) is 10.8. The highest BCUT2D eigenvalue weighted by atomic mass is 32.1. The maximum Gasteiger partial charge on any atom is 0.163 e. The summed E-state index contributed by atoms with van der Waals surface area (Å²) in [5.74, 6) is 0.248. The number of benzene rings is 2. The smallest absolute Gasteiger partial charge is 0.163 e. The van der Waals surface area contributed by atoms with E-state index in [4.69, 9.17) is 0 Å². The van der Waals surface area contributed by atoms with Gasteiger partial charge in [0.2, 0.25) is 0 Å². The van der Waals surface area contributed by atoms with Gasteiger partial charge in [-0.1, -0.05) is 48.5 Å². The number of rotatable bonds is 5. The van der Waals surface area contributed by atoms with Gasteiger partial charge in [-0.2, -0.15) is 0 Å². The van der Waals surface area contributed by atoms with Crippen LogP contribution < -0.4 is 0 Å². The van der Waals surface area contributed by atoms with E-state index in [1.165, 1.54) is 4.88 Å². The minimum absolute atomic E-state index is 0.248. The Morgan fingerprint density at radius 2 is 1.80 bits per heavy atom. The number of carbonyl (C=O) groups excluding carboxylic acids is 1. The zero-order valence-corrected chi connectivity index (χ0v) is 12.0. The molecule has 0 aliphatic rings. The van der Waals surface area contributed by atoms with Crippen molar-refractivity contribution in [3.05, 3.63) is 70.4 Å². The second-order valence-corrected chi connectivity index (χ2v) is 5.92. The number of thiophene rings is 1. The van der Waals surface area contributed by atoms with Crippen LogP contribution in [0.15, 0.2) is 60.0 Å². The largest absolute Gasteiger partial charge is 0.294 e. The summed E-state index contributed by atoms with van der Waals surface area (Å²) < 4.78 is 0. The van der Waals surface area contributed by atoms with Gasteiger partial charge in [-0.25, -0.2) is 0 Å². The van der Waals surface area contributed by atoms with Gasteiger partial charge in [0.25, 0.3) is 0 Å². The fraction of sp³-hybridized carbons (Fsp3) is 0.167. The van der Waals surface area contributed by atoms with Crippen LogP contribution in [-0.4, -0.2) is 5.78 Å².